The molecular weight excluding hydrogens is 381 g/mol. The number of rotatable bonds is 3. The van der Waals surface area contributed by atoms with Gasteiger partial charge in [-0.3, -0.25) is 4.79 Å². The molecule has 4 nitrogen and oxygen atoms in total. The molecule has 0 spiro atoms. The number of carbonyl (C=O) groups is 2. The zero-order valence-corrected chi connectivity index (χ0v) is 13.8. The van der Waals surface area contributed by atoms with Crippen molar-refractivity contribution in [1.82, 2.24) is 0 Å². The van der Waals surface area contributed by atoms with Gasteiger partial charge in [-0.1, -0.05) is 6.07 Å². The Bertz CT molecular complexity index is 725. The summed E-state index contributed by atoms with van der Waals surface area (Å²) < 4.78 is 0.800. The van der Waals surface area contributed by atoms with E-state index in [2.05, 4.69) is 5.32 Å². The number of carbonyl (C=O) groups excluding carboxylic acids is 1. The number of carboxylic acid groups (broad SMARTS) is 1. The fourth-order valence-corrected chi connectivity index (χ4v) is 2.37. The van der Waals surface area contributed by atoms with Crippen LogP contribution < -0.4 is 5.32 Å². The van der Waals surface area contributed by atoms with Crippen molar-refractivity contribution >= 4 is 40.2 Å². The van der Waals surface area contributed by atoms with Crippen molar-refractivity contribution in [2.45, 2.75) is 13.8 Å². The average molecular weight is 395 g/mol. The molecule has 2 N–H and O–H groups in total. The fourth-order valence-electron chi connectivity index (χ4n) is 1.88. The van der Waals surface area contributed by atoms with Gasteiger partial charge in [0.2, 0.25) is 0 Å². The fraction of sp³-hybridized carbons (Fsp3) is 0.125. The third-order valence-electron chi connectivity index (χ3n) is 3.23. The molecule has 0 aliphatic rings. The van der Waals surface area contributed by atoms with Crippen molar-refractivity contribution in [1.29, 1.82) is 0 Å². The summed E-state index contributed by atoms with van der Waals surface area (Å²) >= 11 is 2.03. The van der Waals surface area contributed by atoms with Gasteiger partial charge < -0.3 is 10.4 Å². The van der Waals surface area contributed by atoms with Crippen LogP contribution in [0.3, 0.4) is 0 Å². The minimum atomic E-state index is -1.07. The third kappa shape index (κ3) is 3.60. The highest BCUT2D eigenvalue weighted by Gasteiger charge is 2.14. The number of amides is 1. The smallest absolute Gasteiger partial charge is 0.337 e. The maximum atomic E-state index is 12.2. The van der Waals surface area contributed by atoms with E-state index in [0.717, 1.165) is 14.7 Å². The maximum Gasteiger partial charge on any atom is 0.337 e. The van der Waals surface area contributed by atoms with E-state index in [1.54, 1.807) is 24.3 Å². The molecule has 0 heterocycles. The SMILES string of the molecule is Cc1ccc(C(=O)Nc2ccc(I)cc2C(=O)O)cc1C. The minimum Gasteiger partial charge on any atom is -0.478 e. The van der Waals surface area contributed by atoms with E-state index < -0.39 is 5.97 Å². The second kappa shape index (κ2) is 6.26. The minimum absolute atomic E-state index is 0.0825. The molecule has 0 radical (unpaired) electrons. The molecule has 0 aromatic heterocycles. The quantitative estimate of drug-likeness (QED) is 0.776. The first kappa shape index (κ1) is 15.5. The Labute approximate surface area is 136 Å². The highest BCUT2D eigenvalue weighted by Crippen LogP contribution is 2.20. The predicted octanol–water partition coefficient (Wildman–Crippen LogP) is 3.86. The lowest BCUT2D eigenvalue weighted by molar-refractivity contribution is 0.0698. The van der Waals surface area contributed by atoms with Gasteiger partial charge in [-0.2, -0.15) is 0 Å². The molecule has 1 amide bonds. The molecule has 0 unspecified atom stereocenters. The third-order valence-corrected chi connectivity index (χ3v) is 3.90. The van der Waals surface area contributed by atoms with E-state index in [-0.39, 0.29) is 11.5 Å². The molecule has 2 aromatic carbocycles. The zero-order chi connectivity index (χ0) is 15.6. The van der Waals surface area contributed by atoms with Crippen LogP contribution in [0.25, 0.3) is 0 Å². The van der Waals surface area contributed by atoms with E-state index in [1.165, 1.54) is 6.07 Å². The summed E-state index contributed by atoms with van der Waals surface area (Å²) in [6, 6.07) is 10.3. The van der Waals surface area contributed by atoms with Gasteiger partial charge in [-0.05, 0) is 77.9 Å². The van der Waals surface area contributed by atoms with Gasteiger partial charge in [-0.25, -0.2) is 4.79 Å². The van der Waals surface area contributed by atoms with Gasteiger partial charge in [0.15, 0.2) is 0 Å². The average Bonchev–Trinajstić information content (AvgIpc) is 2.43. The Morgan fingerprint density at radius 2 is 1.76 bits per heavy atom. The van der Waals surface area contributed by atoms with Gasteiger partial charge in [0.25, 0.3) is 5.91 Å². The molecule has 0 bridgehead atoms. The van der Waals surface area contributed by atoms with Crippen molar-refractivity contribution in [2.75, 3.05) is 5.32 Å². The van der Waals surface area contributed by atoms with Crippen LogP contribution in [-0.2, 0) is 0 Å². The molecule has 0 fully saturated rings. The van der Waals surface area contributed by atoms with E-state index in [0.29, 0.717) is 11.3 Å². The van der Waals surface area contributed by atoms with Crippen LogP contribution in [0.4, 0.5) is 5.69 Å². The van der Waals surface area contributed by atoms with E-state index in [1.807, 2.05) is 42.5 Å². The van der Waals surface area contributed by atoms with Crippen molar-refractivity contribution in [3.63, 3.8) is 0 Å². The molecular formula is C16H14INO3. The first-order valence-electron chi connectivity index (χ1n) is 6.30. The van der Waals surface area contributed by atoms with Crippen LogP contribution in [0, 0.1) is 17.4 Å². The molecule has 0 saturated carbocycles. The number of nitrogens with one attached hydrogen (secondary N) is 1. The number of benzene rings is 2. The first-order valence-corrected chi connectivity index (χ1v) is 7.38. The highest BCUT2D eigenvalue weighted by molar-refractivity contribution is 14.1. The second-order valence-electron chi connectivity index (χ2n) is 4.75. The Morgan fingerprint density at radius 1 is 1.05 bits per heavy atom. The molecule has 0 saturated heterocycles. The predicted molar refractivity (Wildman–Crippen MR) is 90.0 cm³/mol. The van der Waals surface area contributed by atoms with Crippen molar-refractivity contribution in [2.24, 2.45) is 0 Å². The van der Waals surface area contributed by atoms with Crippen LogP contribution in [0.1, 0.15) is 31.8 Å². The van der Waals surface area contributed by atoms with Gasteiger partial charge in [-0.15, -0.1) is 0 Å². The normalized spacial score (nSPS) is 10.2. The highest BCUT2D eigenvalue weighted by atomic mass is 127. The van der Waals surface area contributed by atoms with Gasteiger partial charge in [0.05, 0.1) is 11.3 Å². The van der Waals surface area contributed by atoms with Crippen molar-refractivity contribution in [3.8, 4) is 0 Å². The van der Waals surface area contributed by atoms with E-state index in [4.69, 9.17) is 0 Å². The summed E-state index contributed by atoms with van der Waals surface area (Å²) in [5.41, 5.74) is 3.01. The maximum absolute atomic E-state index is 12.2. The Balaban J connectivity index is 2.31. The standard InChI is InChI=1S/C16H14INO3/c1-9-3-4-11(7-10(9)2)15(19)18-14-6-5-12(17)8-13(14)16(20)21/h3-8H,1-2H3,(H,18,19)(H,20,21). The lowest BCUT2D eigenvalue weighted by atomic mass is 10.1. The number of anilines is 1. The molecule has 108 valence electrons. The largest absolute Gasteiger partial charge is 0.478 e. The summed E-state index contributed by atoms with van der Waals surface area (Å²) in [5, 5.41) is 11.9. The van der Waals surface area contributed by atoms with Crippen LogP contribution in [0.2, 0.25) is 0 Å². The van der Waals surface area contributed by atoms with Crippen LogP contribution in [0.15, 0.2) is 36.4 Å². The number of aromatic carboxylic acids is 1. The summed E-state index contributed by atoms with van der Waals surface area (Å²) in [4.78, 5) is 23.5. The van der Waals surface area contributed by atoms with Crippen molar-refractivity contribution < 1.29 is 14.7 Å². The molecule has 0 aliphatic carbocycles. The van der Waals surface area contributed by atoms with Crippen molar-refractivity contribution in [3.05, 3.63) is 62.2 Å². The van der Waals surface area contributed by atoms with Gasteiger partial charge in [0, 0.05) is 9.13 Å². The zero-order valence-electron chi connectivity index (χ0n) is 11.6. The van der Waals surface area contributed by atoms with E-state index in [9.17, 15) is 14.7 Å². The molecule has 2 aromatic rings. The number of hydrogen-bond donors (Lipinski definition) is 2. The van der Waals surface area contributed by atoms with Crippen LogP contribution in [0.5, 0.6) is 0 Å². The Hall–Kier alpha value is -1.89. The van der Waals surface area contributed by atoms with Gasteiger partial charge in [0.1, 0.15) is 0 Å². The number of aryl methyl sites for hydroxylation is 2. The van der Waals surface area contributed by atoms with Crippen LogP contribution in [-0.4, -0.2) is 17.0 Å². The molecule has 0 aliphatic heterocycles. The number of carboxylic acids is 1. The lowest BCUT2D eigenvalue weighted by Gasteiger charge is -2.10. The summed E-state index contributed by atoms with van der Waals surface area (Å²) in [5.74, 6) is -1.38. The molecule has 2 rings (SSSR count). The monoisotopic (exact) mass is 395 g/mol. The summed E-state index contributed by atoms with van der Waals surface area (Å²) in [6.07, 6.45) is 0. The summed E-state index contributed by atoms with van der Waals surface area (Å²) in [6.45, 7) is 3.90. The number of halogens is 1. The van der Waals surface area contributed by atoms with Gasteiger partial charge >= 0.3 is 5.97 Å². The molecule has 21 heavy (non-hydrogen) atoms. The molecule has 0 atom stereocenters. The topological polar surface area (TPSA) is 66.4 Å². The molecule has 5 heteroatoms. The summed E-state index contributed by atoms with van der Waals surface area (Å²) in [7, 11) is 0. The Kier molecular flexibility index (Phi) is 4.62. The first-order chi connectivity index (χ1) is 9.88. The lowest BCUT2D eigenvalue weighted by Crippen LogP contribution is -2.15. The van der Waals surface area contributed by atoms with E-state index >= 15 is 0 Å². The second-order valence-corrected chi connectivity index (χ2v) is 5.99. The Morgan fingerprint density at radius 3 is 2.38 bits per heavy atom. The number of hydrogen-bond acceptors (Lipinski definition) is 2. The van der Waals surface area contributed by atoms with Crippen LogP contribution >= 0.6 is 22.6 Å².